The summed E-state index contributed by atoms with van der Waals surface area (Å²) in [5.41, 5.74) is 0. The molecule has 0 aliphatic rings. The molecule has 0 aliphatic heterocycles. The Kier molecular flexibility index (Phi) is 42.8. The topological polar surface area (TPSA) is 95.9 Å². The van der Waals surface area contributed by atoms with Crippen LogP contribution in [-0.4, -0.2) is 46.9 Å². The van der Waals surface area contributed by atoms with Crippen LogP contribution in [0.15, 0.2) is 85.1 Å². The Morgan fingerprint density at radius 2 is 0.948 bits per heavy atom. The van der Waals surface area contributed by atoms with E-state index < -0.39 is 18.2 Å². The number of unbranched alkanes of at least 4 members (excludes halogenated alkanes) is 20. The fourth-order valence-electron chi connectivity index (χ4n) is 6.75. The van der Waals surface area contributed by atoms with E-state index in [1.807, 2.05) is 54.7 Å². The van der Waals surface area contributed by atoms with Gasteiger partial charge in [0.25, 0.3) is 0 Å². The third-order valence-corrected chi connectivity index (χ3v) is 10.4. The fourth-order valence-corrected chi connectivity index (χ4v) is 6.75. The number of carbonyl (C=O) groups is 2. The molecule has 0 spiro atoms. The quantitative estimate of drug-likeness (QED) is 0.0247. The summed E-state index contributed by atoms with van der Waals surface area (Å²) < 4.78 is 5.89. The second-order valence-corrected chi connectivity index (χ2v) is 15.9. The van der Waals surface area contributed by atoms with Gasteiger partial charge in [-0.25, -0.2) is 0 Å². The van der Waals surface area contributed by atoms with E-state index in [0.29, 0.717) is 19.3 Å². The molecule has 0 saturated heterocycles. The summed E-state index contributed by atoms with van der Waals surface area (Å²) >= 11 is 0. The fraction of sp³-hybridized carbons (Fsp3) is 0.692. The minimum atomic E-state index is -0.800. The molecule has 6 nitrogen and oxygen atoms in total. The number of carbonyl (C=O) groups excluding carboxylic acids is 2. The van der Waals surface area contributed by atoms with Gasteiger partial charge in [-0.15, -0.1) is 0 Å². The maximum atomic E-state index is 13.1. The third kappa shape index (κ3) is 39.8. The van der Waals surface area contributed by atoms with Crippen molar-refractivity contribution in [3.63, 3.8) is 0 Å². The van der Waals surface area contributed by atoms with Gasteiger partial charge in [0, 0.05) is 6.42 Å². The SMILES string of the molecule is CC\C=C/C=C/C=C/C=C\C=C\C=C\CCCCCC(=O)OC(CCCCCCC/C=C\CCCCCC)CC(=O)NC(CO)C(O)CCCCCCCCCCC. The van der Waals surface area contributed by atoms with Crippen LogP contribution in [0.4, 0.5) is 0 Å². The highest BCUT2D eigenvalue weighted by molar-refractivity contribution is 5.77. The number of nitrogens with one attached hydrogen (secondary N) is 1. The molecule has 0 fully saturated rings. The molecule has 0 aliphatic carbocycles. The Morgan fingerprint density at radius 3 is 1.48 bits per heavy atom. The van der Waals surface area contributed by atoms with Crippen LogP contribution in [0.3, 0.4) is 0 Å². The van der Waals surface area contributed by atoms with E-state index in [2.05, 4.69) is 56.5 Å². The van der Waals surface area contributed by atoms with Gasteiger partial charge < -0.3 is 20.3 Å². The number of rotatable bonds is 41. The first-order valence-corrected chi connectivity index (χ1v) is 23.9. The van der Waals surface area contributed by atoms with Crippen molar-refractivity contribution in [1.29, 1.82) is 0 Å². The van der Waals surface area contributed by atoms with E-state index in [1.54, 1.807) is 0 Å². The average molecular weight is 808 g/mol. The predicted molar refractivity (Wildman–Crippen MR) is 250 cm³/mol. The third-order valence-electron chi connectivity index (χ3n) is 10.4. The highest BCUT2D eigenvalue weighted by Gasteiger charge is 2.24. The molecular formula is C52H89NO5. The van der Waals surface area contributed by atoms with Crippen LogP contribution in [-0.2, 0) is 14.3 Å². The van der Waals surface area contributed by atoms with Crippen molar-refractivity contribution in [2.24, 2.45) is 0 Å². The zero-order valence-corrected chi connectivity index (χ0v) is 37.6. The highest BCUT2D eigenvalue weighted by Crippen LogP contribution is 2.17. The molecule has 0 radical (unpaired) electrons. The lowest BCUT2D eigenvalue weighted by Gasteiger charge is -2.24. The minimum absolute atomic E-state index is 0.0491. The van der Waals surface area contributed by atoms with E-state index in [4.69, 9.17) is 4.74 Å². The van der Waals surface area contributed by atoms with Crippen LogP contribution < -0.4 is 5.32 Å². The summed E-state index contributed by atoms with van der Waals surface area (Å²) in [7, 11) is 0. The molecule has 3 unspecified atom stereocenters. The molecule has 0 aromatic rings. The Hall–Kier alpha value is -2.96. The number of amides is 1. The molecule has 0 heterocycles. The van der Waals surface area contributed by atoms with Gasteiger partial charge in [0.2, 0.25) is 5.91 Å². The Labute approximate surface area is 357 Å². The van der Waals surface area contributed by atoms with Crippen LogP contribution in [0, 0.1) is 0 Å². The van der Waals surface area contributed by atoms with E-state index in [9.17, 15) is 19.8 Å². The van der Waals surface area contributed by atoms with Crippen molar-refractivity contribution in [3.05, 3.63) is 85.1 Å². The van der Waals surface area contributed by atoms with E-state index in [1.165, 1.54) is 83.5 Å². The monoisotopic (exact) mass is 808 g/mol. The van der Waals surface area contributed by atoms with E-state index >= 15 is 0 Å². The average Bonchev–Trinajstić information content (AvgIpc) is 3.22. The van der Waals surface area contributed by atoms with Crippen molar-refractivity contribution in [2.75, 3.05) is 6.61 Å². The van der Waals surface area contributed by atoms with Gasteiger partial charge in [-0.05, 0) is 70.6 Å². The first-order chi connectivity index (χ1) is 28.5. The van der Waals surface area contributed by atoms with Gasteiger partial charge in [-0.1, -0.05) is 209 Å². The van der Waals surface area contributed by atoms with Crippen molar-refractivity contribution < 1.29 is 24.5 Å². The second-order valence-electron chi connectivity index (χ2n) is 15.9. The zero-order valence-electron chi connectivity index (χ0n) is 37.6. The van der Waals surface area contributed by atoms with E-state index in [0.717, 1.165) is 77.0 Å². The summed E-state index contributed by atoms with van der Waals surface area (Å²) in [6.45, 7) is 6.28. The van der Waals surface area contributed by atoms with Gasteiger partial charge in [0.15, 0.2) is 0 Å². The predicted octanol–water partition coefficient (Wildman–Crippen LogP) is 14.0. The van der Waals surface area contributed by atoms with Gasteiger partial charge in [-0.2, -0.15) is 0 Å². The van der Waals surface area contributed by atoms with Gasteiger partial charge in [0.1, 0.15) is 6.10 Å². The maximum absolute atomic E-state index is 13.1. The van der Waals surface area contributed by atoms with Crippen molar-refractivity contribution in [1.82, 2.24) is 5.32 Å². The maximum Gasteiger partial charge on any atom is 0.306 e. The lowest BCUT2D eigenvalue weighted by atomic mass is 10.0. The lowest BCUT2D eigenvalue weighted by Crippen LogP contribution is -2.46. The summed E-state index contributed by atoms with van der Waals surface area (Å²) in [5, 5.41) is 23.6. The van der Waals surface area contributed by atoms with Crippen LogP contribution in [0.25, 0.3) is 0 Å². The highest BCUT2D eigenvalue weighted by atomic mass is 16.5. The van der Waals surface area contributed by atoms with Crippen LogP contribution in [0.1, 0.15) is 207 Å². The number of aliphatic hydroxyl groups is 2. The Bertz CT molecular complexity index is 1130. The van der Waals surface area contributed by atoms with E-state index in [-0.39, 0.29) is 24.9 Å². The van der Waals surface area contributed by atoms with Crippen LogP contribution in [0.2, 0.25) is 0 Å². The van der Waals surface area contributed by atoms with Crippen molar-refractivity contribution in [2.45, 2.75) is 225 Å². The Morgan fingerprint density at radius 1 is 0.517 bits per heavy atom. The number of ether oxygens (including phenoxy) is 1. The number of hydrogen-bond donors (Lipinski definition) is 3. The molecule has 0 bridgehead atoms. The summed E-state index contributed by atoms with van der Waals surface area (Å²) in [4.78, 5) is 26.0. The first kappa shape index (κ1) is 55.0. The molecule has 0 aromatic carbocycles. The molecule has 0 rings (SSSR count). The Balaban J connectivity index is 4.71. The molecule has 1 amide bonds. The smallest absolute Gasteiger partial charge is 0.306 e. The van der Waals surface area contributed by atoms with Crippen LogP contribution in [0.5, 0.6) is 0 Å². The number of allylic oxidation sites excluding steroid dienone is 14. The number of hydrogen-bond acceptors (Lipinski definition) is 5. The first-order valence-electron chi connectivity index (χ1n) is 23.9. The van der Waals surface area contributed by atoms with Crippen molar-refractivity contribution >= 4 is 11.9 Å². The minimum Gasteiger partial charge on any atom is -0.462 e. The molecular weight excluding hydrogens is 719 g/mol. The molecule has 332 valence electrons. The summed E-state index contributed by atoms with van der Waals surface area (Å²) in [6.07, 6.45) is 57.8. The molecule has 0 aromatic heterocycles. The summed E-state index contributed by atoms with van der Waals surface area (Å²) in [5.74, 6) is -0.541. The normalized spacial score (nSPS) is 14.1. The largest absolute Gasteiger partial charge is 0.462 e. The lowest BCUT2D eigenvalue weighted by molar-refractivity contribution is -0.151. The second kappa shape index (κ2) is 45.1. The molecule has 0 saturated carbocycles. The zero-order chi connectivity index (χ0) is 42.4. The molecule has 3 N–H and O–H groups in total. The van der Waals surface area contributed by atoms with Gasteiger partial charge in [0.05, 0.1) is 25.2 Å². The van der Waals surface area contributed by atoms with Crippen molar-refractivity contribution in [3.8, 4) is 0 Å². The molecule has 58 heavy (non-hydrogen) atoms. The van der Waals surface area contributed by atoms with Gasteiger partial charge >= 0.3 is 5.97 Å². The number of aliphatic hydroxyl groups excluding tert-OH is 2. The molecule has 3 atom stereocenters. The van der Waals surface area contributed by atoms with Gasteiger partial charge in [-0.3, -0.25) is 9.59 Å². The summed E-state index contributed by atoms with van der Waals surface area (Å²) in [6, 6.07) is -0.716. The standard InChI is InChI=1S/C52H89NO5/c1-4-7-10-13-16-19-21-23-24-25-26-28-30-33-36-39-42-45-52(57)58-48(43-40-37-34-32-29-27-22-20-17-14-11-8-5-2)46-51(56)53-49(47-54)50(55)44-41-38-35-31-18-15-12-9-6-3/h7,10,13,16,19-26,28,30,48-50,54-55H,4-6,8-9,11-12,14-15,17-18,27,29,31-47H2,1-3H3,(H,53,56)/b10-7-,16-13+,21-19+,22-20-,24-23-,26-25+,30-28+. The van der Waals surface area contributed by atoms with Crippen LogP contribution >= 0.6 is 0 Å². The number of esters is 1. The molecule has 6 heteroatoms.